The molecule has 4 nitrogen and oxygen atoms in total. The number of aromatic nitrogens is 2. The highest BCUT2D eigenvalue weighted by molar-refractivity contribution is 5.93. The summed E-state index contributed by atoms with van der Waals surface area (Å²) in [4.78, 5) is 10.7. The van der Waals surface area contributed by atoms with Crippen molar-refractivity contribution in [3.8, 4) is 0 Å². The summed E-state index contributed by atoms with van der Waals surface area (Å²) in [5, 5.41) is 3.51. The first-order chi connectivity index (χ1) is 6.29. The van der Waals surface area contributed by atoms with Gasteiger partial charge in [-0.3, -0.25) is 9.48 Å². The Kier molecular flexibility index (Phi) is 2.50. The molecule has 2 N–H and O–H groups in total. The van der Waals surface area contributed by atoms with E-state index in [0.29, 0.717) is 4.68 Å². The van der Waals surface area contributed by atoms with Gasteiger partial charge in [0.15, 0.2) is 0 Å². The number of nitrogens with zero attached hydrogens (tertiary/aromatic N) is 2. The van der Waals surface area contributed by atoms with Gasteiger partial charge in [0.05, 0.1) is 11.3 Å². The topological polar surface area (TPSA) is 60.9 Å². The average molecular weight is 207 g/mol. The van der Waals surface area contributed by atoms with Crippen LogP contribution in [-0.4, -0.2) is 21.9 Å². The molecule has 0 aliphatic carbocycles. The van der Waals surface area contributed by atoms with Crippen molar-refractivity contribution in [3.05, 3.63) is 17.5 Å². The molecule has 7 heteroatoms. The van der Waals surface area contributed by atoms with E-state index >= 15 is 0 Å². The molecule has 0 aliphatic heterocycles. The van der Waals surface area contributed by atoms with E-state index in [1.54, 1.807) is 0 Å². The number of halogens is 3. The Morgan fingerprint density at radius 3 is 2.57 bits per heavy atom. The first kappa shape index (κ1) is 10.6. The van der Waals surface area contributed by atoms with Crippen LogP contribution in [0.1, 0.15) is 16.1 Å². The van der Waals surface area contributed by atoms with Crippen molar-refractivity contribution >= 4 is 5.91 Å². The number of alkyl halides is 3. The lowest BCUT2D eigenvalue weighted by Gasteiger charge is -2.04. The fourth-order valence-electron chi connectivity index (χ4n) is 1.02. The van der Waals surface area contributed by atoms with Gasteiger partial charge in [0.25, 0.3) is 5.91 Å². The molecule has 1 amide bonds. The van der Waals surface area contributed by atoms with Crippen molar-refractivity contribution < 1.29 is 18.0 Å². The van der Waals surface area contributed by atoms with Crippen molar-refractivity contribution in [1.29, 1.82) is 0 Å². The van der Waals surface area contributed by atoms with Gasteiger partial charge in [-0.05, 0) is 6.92 Å². The molecule has 0 radical (unpaired) electrons. The predicted molar refractivity (Wildman–Crippen MR) is 41.5 cm³/mol. The van der Waals surface area contributed by atoms with Gasteiger partial charge in [-0.1, -0.05) is 0 Å². The maximum Gasteiger partial charge on any atom is 0.408 e. The monoisotopic (exact) mass is 207 g/mol. The quantitative estimate of drug-likeness (QED) is 0.781. The molecule has 0 spiro atoms. The molecule has 14 heavy (non-hydrogen) atoms. The predicted octanol–water partition coefficient (Wildman–Crippen LogP) is 0.853. The van der Waals surface area contributed by atoms with Gasteiger partial charge in [0, 0.05) is 6.20 Å². The summed E-state index contributed by atoms with van der Waals surface area (Å²) in [7, 11) is 0. The fraction of sp³-hybridized carbons (Fsp3) is 0.429. The lowest BCUT2D eigenvalue weighted by molar-refractivity contribution is -0.142. The van der Waals surface area contributed by atoms with E-state index in [-0.39, 0.29) is 11.3 Å². The zero-order valence-electron chi connectivity index (χ0n) is 7.30. The van der Waals surface area contributed by atoms with E-state index in [9.17, 15) is 18.0 Å². The van der Waals surface area contributed by atoms with E-state index in [0.717, 1.165) is 6.20 Å². The molecule has 0 bridgehead atoms. The lowest BCUT2D eigenvalue weighted by atomic mass is 10.2. The van der Waals surface area contributed by atoms with E-state index in [2.05, 4.69) is 5.10 Å². The Balaban J connectivity index is 2.92. The first-order valence-electron chi connectivity index (χ1n) is 3.70. The second-order valence-corrected chi connectivity index (χ2v) is 2.81. The first-order valence-corrected chi connectivity index (χ1v) is 3.70. The fourth-order valence-corrected chi connectivity index (χ4v) is 1.02. The van der Waals surface area contributed by atoms with Crippen molar-refractivity contribution in [1.82, 2.24) is 9.78 Å². The normalized spacial score (nSPS) is 11.7. The molecule has 0 aliphatic rings. The van der Waals surface area contributed by atoms with Crippen LogP contribution in [0.2, 0.25) is 0 Å². The lowest BCUT2D eigenvalue weighted by Crippen LogP contribution is -2.18. The Morgan fingerprint density at radius 2 is 2.21 bits per heavy atom. The molecular weight excluding hydrogens is 199 g/mol. The molecule has 0 fully saturated rings. The number of nitrogens with two attached hydrogens (primary N) is 1. The number of hydrogen-bond donors (Lipinski definition) is 1. The highest BCUT2D eigenvalue weighted by atomic mass is 19.4. The summed E-state index contributed by atoms with van der Waals surface area (Å²) < 4.78 is 36.4. The largest absolute Gasteiger partial charge is 0.408 e. The van der Waals surface area contributed by atoms with Crippen molar-refractivity contribution in [3.63, 3.8) is 0 Å². The zero-order valence-corrected chi connectivity index (χ0v) is 7.30. The van der Waals surface area contributed by atoms with Crippen LogP contribution in [0.4, 0.5) is 13.2 Å². The van der Waals surface area contributed by atoms with Crippen LogP contribution in [0, 0.1) is 6.92 Å². The Hall–Kier alpha value is -1.53. The number of rotatable bonds is 2. The van der Waals surface area contributed by atoms with Crippen LogP contribution < -0.4 is 5.73 Å². The van der Waals surface area contributed by atoms with E-state index < -0.39 is 18.6 Å². The van der Waals surface area contributed by atoms with E-state index in [4.69, 9.17) is 5.73 Å². The van der Waals surface area contributed by atoms with Gasteiger partial charge >= 0.3 is 6.18 Å². The summed E-state index contributed by atoms with van der Waals surface area (Å²) in [5.74, 6) is -0.782. The average Bonchev–Trinajstić information content (AvgIpc) is 2.26. The second kappa shape index (κ2) is 3.32. The molecule has 0 unspecified atom stereocenters. The summed E-state index contributed by atoms with van der Waals surface area (Å²) in [6.45, 7) is 0.202. The van der Waals surface area contributed by atoms with Crippen LogP contribution in [0.15, 0.2) is 6.20 Å². The van der Waals surface area contributed by atoms with Crippen molar-refractivity contribution in [2.75, 3.05) is 0 Å². The zero-order chi connectivity index (χ0) is 10.9. The Morgan fingerprint density at radius 1 is 1.64 bits per heavy atom. The van der Waals surface area contributed by atoms with Crippen LogP contribution in [0.25, 0.3) is 0 Å². The van der Waals surface area contributed by atoms with Crippen molar-refractivity contribution in [2.24, 2.45) is 5.73 Å². The molecule has 0 aromatic carbocycles. The third-order valence-electron chi connectivity index (χ3n) is 1.55. The van der Waals surface area contributed by atoms with Gasteiger partial charge in [-0.25, -0.2) is 0 Å². The SMILES string of the molecule is Cc1nn(CC(F)(F)F)cc1C(N)=O. The number of primary amides is 1. The third-order valence-corrected chi connectivity index (χ3v) is 1.55. The molecule has 1 aromatic rings. The highest BCUT2D eigenvalue weighted by Gasteiger charge is 2.29. The van der Waals surface area contributed by atoms with Crippen LogP contribution in [0.3, 0.4) is 0 Å². The number of hydrogen-bond acceptors (Lipinski definition) is 2. The van der Waals surface area contributed by atoms with E-state index in [1.807, 2.05) is 0 Å². The van der Waals surface area contributed by atoms with Crippen LogP contribution >= 0.6 is 0 Å². The molecule has 1 rings (SSSR count). The number of carbonyl (C=O) groups excluding carboxylic acids is 1. The minimum atomic E-state index is -4.35. The van der Waals surface area contributed by atoms with Gasteiger partial charge in [0.2, 0.25) is 0 Å². The Labute approximate surface area is 77.5 Å². The maximum atomic E-state index is 11.9. The number of aryl methyl sites for hydroxylation is 1. The summed E-state index contributed by atoms with van der Waals surface area (Å²) in [6.07, 6.45) is -3.36. The van der Waals surface area contributed by atoms with Gasteiger partial charge in [0.1, 0.15) is 6.54 Å². The molecule has 0 saturated carbocycles. The maximum absolute atomic E-state index is 11.9. The standard InChI is InChI=1S/C7H8F3N3O/c1-4-5(6(11)14)2-13(12-4)3-7(8,9)10/h2H,3H2,1H3,(H2,11,14). The van der Waals surface area contributed by atoms with Gasteiger partial charge in [-0.2, -0.15) is 18.3 Å². The number of carbonyl (C=O) groups is 1. The Bertz CT molecular complexity index is 356. The molecule has 78 valence electrons. The minimum Gasteiger partial charge on any atom is -0.365 e. The van der Waals surface area contributed by atoms with Crippen LogP contribution in [0.5, 0.6) is 0 Å². The summed E-state index contributed by atoms with van der Waals surface area (Å²) in [6, 6.07) is 0. The highest BCUT2D eigenvalue weighted by Crippen LogP contribution is 2.17. The number of amides is 1. The minimum absolute atomic E-state index is 0.00856. The third kappa shape index (κ3) is 2.48. The smallest absolute Gasteiger partial charge is 0.365 e. The second-order valence-electron chi connectivity index (χ2n) is 2.81. The van der Waals surface area contributed by atoms with Crippen molar-refractivity contribution in [2.45, 2.75) is 19.6 Å². The molecule has 0 atom stereocenters. The summed E-state index contributed by atoms with van der Waals surface area (Å²) >= 11 is 0. The van der Waals surface area contributed by atoms with E-state index in [1.165, 1.54) is 6.92 Å². The molecule has 1 heterocycles. The molecule has 0 saturated heterocycles. The summed E-state index contributed by atoms with van der Waals surface area (Å²) in [5.41, 5.74) is 5.12. The molecular formula is C7H8F3N3O. The molecule has 1 aromatic heterocycles. The van der Waals surface area contributed by atoms with Gasteiger partial charge < -0.3 is 5.73 Å². The van der Waals surface area contributed by atoms with Crippen LogP contribution in [-0.2, 0) is 6.54 Å². The van der Waals surface area contributed by atoms with Gasteiger partial charge in [-0.15, -0.1) is 0 Å².